The Morgan fingerprint density at radius 2 is 1.30 bits per heavy atom. The summed E-state index contributed by atoms with van der Waals surface area (Å²) in [5.74, 6) is -1.71. The Kier molecular flexibility index (Phi) is 8.97. The van der Waals surface area contributed by atoms with Gasteiger partial charge in [-0.2, -0.15) is 0 Å². The Morgan fingerprint density at radius 1 is 0.800 bits per heavy atom. The molecule has 0 aliphatic heterocycles. The predicted molar refractivity (Wildman–Crippen MR) is 115 cm³/mol. The van der Waals surface area contributed by atoms with E-state index in [4.69, 9.17) is 0 Å². The first kappa shape index (κ1) is 24.0. The van der Waals surface area contributed by atoms with Crippen molar-refractivity contribution in [1.29, 1.82) is 0 Å². The van der Waals surface area contributed by atoms with E-state index in [2.05, 4.69) is 9.44 Å². The number of carboxylic acids is 1. The average molecular weight is 455 g/mol. The summed E-state index contributed by atoms with van der Waals surface area (Å²) < 4.78 is 53.3. The molecule has 0 radical (unpaired) electrons. The summed E-state index contributed by atoms with van der Waals surface area (Å²) >= 11 is 0. The van der Waals surface area contributed by atoms with Crippen molar-refractivity contribution in [2.24, 2.45) is 0 Å². The second-order valence-corrected chi connectivity index (χ2v) is 10.4. The molecule has 30 heavy (non-hydrogen) atoms. The second kappa shape index (κ2) is 11.2. The smallest absolute Gasteiger partial charge is 0.321 e. The van der Waals surface area contributed by atoms with Crippen molar-refractivity contribution in [2.45, 2.75) is 36.8 Å². The van der Waals surface area contributed by atoms with Crippen molar-refractivity contribution in [3.8, 4) is 0 Å². The summed E-state index contributed by atoms with van der Waals surface area (Å²) in [4.78, 5) is 11.4. The van der Waals surface area contributed by atoms with Crippen LogP contribution in [0, 0.1) is 0 Å². The highest BCUT2D eigenvalue weighted by atomic mass is 32.2. The van der Waals surface area contributed by atoms with Crippen LogP contribution >= 0.6 is 0 Å². The second-order valence-electron chi connectivity index (χ2n) is 6.89. The van der Waals surface area contributed by atoms with E-state index in [9.17, 15) is 26.7 Å². The van der Waals surface area contributed by atoms with Crippen molar-refractivity contribution in [2.75, 3.05) is 6.54 Å². The zero-order valence-corrected chi connectivity index (χ0v) is 18.0. The number of carbonyl (C=O) groups is 1. The molecule has 0 aliphatic rings. The zero-order chi connectivity index (χ0) is 22.0. The molecule has 0 amide bonds. The van der Waals surface area contributed by atoms with Crippen LogP contribution in [0.25, 0.3) is 0 Å². The van der Waals surface area contributed by atoms with Gasteiger partial charge in [-0.1, -0.05) is 60.7 Å². The molecule has 3 N–H and O–H groups in total. The Labute approximate surface area is 177 Å². The lowest BCUT2D eigenvalue weighted by atomic mass is 10.1. The molecule has 0 bridgehead atoms. The maximum Gasteiger partial charge on any atom is 0.321 e. The highest BCUT2D eigenvalue weighted by Gasteiger charge is 2.24. The van der Waals surface area contributed by atoms with E-state index in [1.165, 1.54) is 0 Å². The summed E-state index contributed by atoms with van der Waals surface area (Å²) in [6, 6.07) is 16.0. The Morgan fingerprint density at radius 3 is 1.80 bits per heavy atom. The van der Waals surface area contributed by atoms with E-state index < -0.39 is 32.1 Å². The van der Waals surface area contributed by atoms with Crippen LogP contribution in [0.5, 0.6) is 0 Å². The quantitative estimate of drug-likeness (QED) is 0.396. The van der Waals surface area contributed by atoms with Gasteiger partial charge in [-0.3, -0.25) is 4.79 Å². The van der Waals surface area contributed by atoms with Crippen molar-refractivity contribution in [1.82, 2.24) is 9.44 Å². The lowest BCUT2D eigenvalue weighted by Crippen LogP contribution is -2.41. The lowest BCUT2D eigenvalue weighted by Gasteiger charge is -2.15. The maximum atomic E-state index is 12.2. The molecular formula is C20H26N2O6S2. The summed E-state index contributed by atoms with van der Waals surface area (Å²) in [6.45, 7) is 0.151. The zero-order valence-electron chi connectivity index (χ0n) is 16.4. The van der Waals surface area contributed by atoms with Gasteiger partial charge >= 0.3 is 5.97 Å². The van der Waals surface area contributed by atoms with Gasteiger partial charge in [-0.05, 0) is 30.4 Å². The maximum absolute atomic E-state index is 12.2. The monoisotopic (exact) mass is 454 g/mol. The van der Waals surface area contributed by atoms with Gasteiger partial charge in [0, 0.05) is 6.54 Å². The highest BCUT2D eigenvalue weighted by Crippen LogP contribution is 2.09. The minimum Gasteiger partial charge on any atom is -0.480 e. The van der Waals surface area contributed by atoms with E-state index in [1.807, 2.05) is 0 Å². The largest absolute Gasteiger partial charge is 0.480 e. The molecule has 2 aromatic carbocycles. The van der Waals surface area contributed by atoms with E-state index in [-0.39, 0.29) is 24.5 Å². The summed E-state index contributed by atoms with van der Waals surface area (Å²) in [5, 5.41) is 9.31. The number of unbranched alkanes of at least 4 members (excludes halogenated alkanes) is 1. The molecule has 0 heterocycles. The fourth-order valence-corrected chi connectivity index (χ4v) is 5.39. The standard InChI is InChI=1S/C20H26N2O6S2/c23-20(24)19(22-30(27,28)16-18-11-5-2-6-12-18)13-7-8-14-21-29(25,26)15-17-9-3-1-4-10-17/h1-6,9-12,19,21-22H,7-8,13-16H2,(H,23,24)/t19-/m0/s1. The van der Waals surface area contributed by atoms with E-state index in [1.54, 1.807) is 60.7 Å². The first-order valence-corrected chi connectivity index (χ1v) is 12.8. The summed E-state index contributed by atoms with van der Waals surface area (Å²) in [7, 11) is -7.31. The highest BCUT2D eigenvalue weighted by molar-refractivity contribution is 7.89. The average Bonchev–Trinajstić information content (AvgIpc) is 2.67. The number of sulfonamides is 2. The van der Waals surface area contributed by atoms with E-state index in [0.717, 1.165) is 0 Å². The predicted octanol–water partition coefficient (Wildman–Crippen LogP) is 1.85. The van der Waals surface area contributed by atoms with Gasteiger partial charge in [0.15, 0.2) is 0 Å². The number of hydrogen-bond acceptors (Lipinski definition) is 5. The van der Waals surface area contributed by atoms with Crippen LogP contribution in [0.2, 0.25) is 0 Å². The van der Waals surface area contributed by atoms with Crippen molar-refractivity contribution in [3.63, 3.8) is 0 Å². The first-order valence-electron chi connectivity index (χ1n) is 9.45. The molecule has 0 spiro atoms. The minimum absolute atomic E-state index is 0.0593. The molecule has 0 saturated heterocycles. The summed E-state index contributed by atoms with van der Waals surface area (Å²) in [5.41, 5.74) is 1.23. The molecule has 0 aromatic heterocycles. The molecule has 2 rings (SSSR count). The van der Waals surface area contributed by atoms with Crippen LogP contribution in [-0.4, -0.2) is 40.5 Å². The third-order valence-electron chi connectivity index (χ3n) is 4.26. The van der Waals surface area contributed by atoms with Crippen LogP contribution in [-0.2, 0) is 36.3 Å². The number of hydrogen-bond donors (Lipinski definition) is 3. The Balaban J connectivity index is 1.77. The van der Waals surface area contributed by atoms with E-state index in [0.29, 0.717) is 24.0 Å². The van der Waals surface area contributed by atoms with Gasteiger partial charge in [0.1, 0.15) is 6.04 Å². The molecule has 0 fully saturated rings. The van der Waals surface area contributed by atoms with E-state index >= 15 is 0 Å². The number of benzene rings is 2. The van der Waals surface area contributed by atoms with Crippen molar-refractivity contribution in [3.05, 3.63) is 71.8 Å². The fourth-order valence-electron chi connectivity index (χ4n) is 2.83. The molecule has 10 heteroatoms. The summed E-state index contributed by atoms with van der Waals surface area (Å²) in [6.07, 6.45) is 0.792. The lowest BCUT2D eigenvalue weighted by molar-refractivity contribution is -0.139. The minimum atomic E-state index is -3.82. The molecular weight excluding hydrogens is 428 g/mol. The number of rotatable bonds is 13. The molecule has 2 aromatic rings. The first-order chi connectivity index (χ1) is 14.2. The van der Waals surface area contributed by atoms with Crippen molar-refractivity contribution < 1.29 is 26.7 Å². The number of aliphatic carboxylic acids is 1. The van der Waals surface area contributed by atoms with Gasteiger partial charge in [0.25, 0.3) is 0 Å². The van der Waals surface area contributed by atoms with Gasteiger partial charge in [0.05, 0.1) is 11.5 Å². The number of carboxylic acid groups (broad SMARTS) is 1. The van der Waals surface area contributed by atoms with Crippen LogP contribution in [0.4, 0.5) is 0 Å². The van der Waals surface area contributed by atoms with Gasteiger partial charge < -0.3 is 5.11 Å². The normalized spacial score (nSPS) is 13.1. The topological polar surface area (TPSA) is 130 Å². The molecule has 164 valence electrons. The fraction of sp³-hybridized carbons (Fsp3) is 0.350. The van der Waals surface area contributed by atoms with Crippen LogP contribution < -0.4 is 9.44 Å². The molecule has 0 unspecified atom stereocenters. The van der Waals surface area contributed by atoms with Crippen LogP contribution in [0.3, 0.4) is 0 Å². The van der Waals surface area contributed by atoms with Crippen LogP contribution in [0.1, 0.15) is 30.4 Å². The molecule has 1 atom stereocenters. The van der Waals surface area contributed by atoms with Gasteiger partial charge in [0.2, 0.25) is 20.0 Å². The van der Waals surface area contributed by atoms with Crippen LogP contribution in [0.15, 0.2) is 60.7 Å². The third kappa shape index (κ3) is 9.04. The molecule has 0 saturated carbocycles. The SMILES string of the molecule is O=C(O)[C@H](CCCCNS(=O)(=O)Cc1ccccc1)NS(=O)(=O)Cc1ccccc1. The number of nitrogens with one attached hydrogen (secondary N) is 2. The van der Waals surface area contributed by atoms with Crippen molar-refractivity contribution >= 4 is 26.0 Å². The third-order valence-corrected chi connectivity index (χ3v) is 6.97. The molecule has 0 aliphatic carbocycles. The Bertz CT molecular complexity index is 1010. The molecule has 8 nitrogen and oxygen atoms in total. The van der Waals surface area contributed by atoms with Gasteiger partial charge in [-0.15, -0.1) is 0 Å². The van der Waals surface area contributed by atoms with Gasteiger partial charge in [-0.25, -0.2) is 26.3 Å². The Hall–Kier alpha value is -2.27.